The molecule has 0 saturated carbocycles. The van der Waals surface area contributed by atoms with Crippen LogP contribution >= 0.6 is 0 Å². The highest BCUT2D eigenvalue weighted by atomic mass is 16.5. The van der Waals surface area contributed by atoms with Crippen LogP contribution < -0.4 is 10.1 Å². The number of nitrogens with one attached hydrogen (secondary N) is 1. The molecule has 0 aliphatic rings. The number of carbonyl (C=O) groups is 1. The van der Waals surface area contributed by atoms with Gasteiger partial charge in [-0.15, -0.1) is 0 Å². The van der Waals surface area contributed by atoms with Gasteiger partial charge in [-0.25, -0.2) is 0 Å². The van der Waals surface area contributed by atoms with Crippen LogP contribution in [0.3, 0.4) is 0 Å². The van der Waals surface area contributed by atoms with Crippen LogP contribution in [0, 0.1) is 0 Å². The SMILES string of the molecule is COc1ccccc1NC(=O)Cc1ccc(-n2cccc2)cc1. The number of nitrogens with zero attached hydrogens (tertiary/aromatic N) is 1. The zero-order valence-electron chi connectivity index (χ0n) is 12.9. The van der Waals surface area contributed by atoms with E-state index in [2.05, 4.69) is 5.32 Å². The van der Waals surface area contributed by atoms with E-state index in [0.29, 0.717) is 17.9 Å². The van der Waals surface area contributed by atoms with Gasteiger partial charge in [0.15, 0.2) is 0 Å². The van der Waals surface area contributed by atoms with Gasteiger partial charge in [-0.05, 0) is 42.0 Å². The summed E-state index contributed by atoms with van der Waals surface area (Å²) in [5.74, 6) is 0.590. The van der Waals surface area contributed by atoms with Gasteiger partial charge in [-0.1, -0.05) is 24.3 Å². The first-order chi connectivity index (χ1) is 11.3. The highest BCUT2D eigenvalue weighted by Gasteiger charge is 2.08. The minimum atomic E-state index is -0.0665. The third kappa shape index (κ3) is 3.61. The summed E-state index contributed by atoms with van der Waals surface area (Å²) in [7, 11) is 1.59. The lowest BCUT2D eigenvalue weighted by molar-refractivity contribution is -0.115. The van der Waals surface area contributed by atoms with Crippen molar-refractivity contribution in [3.05, 3.63) is 78.6 Å². The number of ether oxygens (including phenoxy) is 1. The fourth-order valence-electron chi connectivity index (χ4n) is 2.42. The molecule has 0 atom stereocenters. The van der Waals surface area contributed by atoms with E-state index in [9.17, 15) is 4.79 Å². The van der Waals surface area contributed by atoms with Crippen molar-refractivity contribution in [1.29, 1.82) is 0 Å². The number of rotatable bonds is 5. The van der Waals surface area contributed by atoms with Crippen molar-refractivity contribution in [3.8, 4) is 11.4 Å². The second-order valence-corrected chi connectivity index (χ2v) is 5.18. The Labute approximate surface area is 135 Å². The van der Waals surface area contributed by atoms with Crippen molar-refractivity contribution >= 4 is 11.6 Å². The lowest BCUT2D eigenvalue weighted by Gasteiger charge is -2.10. The Bertz CT molecular complexity index is 777. The zero-order valence-corrected chi connectivity index (χ0v) is 12.9. The number of hydrogen-bond donors (Lipinski definition) is 1. The van der Waals surface area contributed by atoms with Crippen LogP contribution in [0.2, 0.25) is 0 Å². The molecule has 0 unspecified atom stereocenters. The molecule has 1 N–H and O–H groups in total. The fraction of sp³-hybridized carbons (Fsp3) is 0.105. The first-order valence-corrected chi connectivity index (χ1v) is 7.41. The second kappa shape index (κ2) is 6.83. The Morgan fingerprint density at radius 3 is 2.39 bits per heavy atom. The van der Waals surface area contributed by atoms with Gasteiger partial charge in [0.2, 0.25) is 5.91 Å². The number of amides is 1. The molecule has 1 aromatic heterocycles. The quantitative estimate of drug-likeness (QED) is 0.781. The van der Waals surface area contributed by atoms with E-state index in [1.807, 2.05) is 77.6 Å². The summed E-state index contributed by atoms with van der Waals surface area (Å²) in [5, 5.41) is 2.88. The van der Waals surface area contributed by atoms with E-state index in [4.69, 9.17) is 4.74 Å². The largest absolute Gasteiger partial charge is 0.495 e. The monoisotopic (exact) mass is 306 g/mol. The van der Waals surface area contributed by atoms with Gasteiger partial charge in [-0.3, -0.25) is 4.79 Å². The molecule has 0 aliphatic heterocycles. The number of carbonyl (C=O) groups excluding carboxylic acids is 1. The molecular weight excluding hydrogens is 288 g/mol. The van der Waals surface area contributed by atoms with E-state index in [1.165, 1.54) is 0 Å². The summed E-state index contributed by atoms with van der Waals surface area (Å²) in [6.45, 7) is 0. The Morgan fingerprint density at radius 2 is 1.70 bits per heavy atom. The predicted octanol–water partition coefficient (Wildman–Crippen LogP) is 3.67. The predicted molar refractivity (Wildman–Crippen MR) is 91.1 cm³/mol. The van der Waals surface area contributed by atoms with Crippen LogP contribution in [0.25, 0.3) is 5.69 Å². The van der Waals surface area contributed by atoms with E-state index in [1.54, 1.807) is 7.11 Å². The summed E-state index contributed by atoms with van der Waals surface area (Å²) in [6.07, 6.45) is 4.30. The molecule has 0 aliphatic carbocycles. The van der Waals surface area contributed by atoms with Gasteiger partial charge in [0.1, 0.15) is 5.75 Å². The summed E-state index contributed by atoms with van der Waals surface area (Å²) < 4.78 is 7.26. The number of methoxy groups -OCH3 is 1. The first kappa shape index (κ1) is 14.9. The molecule has 116 valence electrons. The molecule has 3 rings (SSSR count). The summed E-state index contributed by atoms with van der Waals surface area (Å²) in [6, 6.07) is 19.3. The van der Waals surface area contributed by atoms with Crippen molar-refractivity contribution < 1.29 is 9.53 Å². The van der Waals surface area contributed by atoms with Crippen LogP contribution in [-0.4, -0.2) is 17.6 Å². The molecule has 0 bridgehead atoms. The number of anilines is 1. The van der Waals surface area contributed by atoms with Crippen LogP contribution in [0.1, 0.15) is 5.56 Å². The Balaban J connectivity index is 1.66. The second-order valence-electron chi connectivity index (χ2n) is 5.18. The van der Waals surface area contributed by atoms with E-state index in [0.717, 1.165) is 11.3 Å². The minimum Gasteiger partial charge on any atom is -0.495 e. The Hall–Kier alpha value is -3.01. The molecule has 0 radical (unpaired) electrons. The number of para-hydroxylation sites is 2. The van der Waals surface area contributed by atoms with Crippen molar-refractivity contribution in [2.75, 3.05) is 12.4 Å². The summed E-state index contributed by atoms with van der Waals surface area (Å²) in [5.41, 5.74) is 2.72. The van der Waals surface area contributed by atoms with Gasteiger partial charge in [0, 0.05) is 18.1 Å². The third-order valence-electron chi connectivity index (χ3n) is 3.58. The lowest BCUT2D eigenvalue weighted by Crippen LogP contribution is -2.15. The number of hydrogen-bond acceptors (Lipinski definition) is 2. The maximum absolute atomic E-state index is 12.2. The third-order valence-corrected chi connectivity index (χ3v) is 3.58. The summed E-state index contributed by atoms with van der Waals surface area (Å²) >= 11 is 0. The van der Waals surface area contributed by atoms with Crippen molar-refractivity contribution in [2.24, 2.45) is 0 Å². The molecule has 0 spiro atoms. The molecule has 0 fully saturated rings. The van der Waals surface area contributed by atoms with Crippen molar-refractivity contribution in [2.45, 2.75) is 6.42 Å². The highest BCUT2D eigenvalue weighted by Crippen LogP contribution is 2.23. The topological polar surface area (TPSA) is 43.3 Å². The highest BCUT2D eigenvalue weighted by molar-refractivity contribution is 5.93. The molecule has 23 heavy (non-hydrogen) atoms. The lowest BCUT2D eigenvalue weighted by atomic mass is 10.1. The smallest absolute Gasteiger partial charge is 0.228 e. The molecule has 4 heteroatoms. The number of benzene rings is 2. The average Bonchev–Trinajstić information content (AvgIpc) is 3.10. The minimum absolute atomic E-state index is 0.0665. The van der Waals surface area contributed by atoms with Crippen LogP contribution in [0.15, 0.2) is 73.1 Å². The molecule has 4 nitrogen and oxygen atoms in total. The molecule has 2 aromatic carbocycles. The maximum atomic E-state index is 12.2. The number of aromatic nitrogens is 1. The molecule has 0 saturated heterocycles. The molecule has 1 amide bonds. The van der Waals surface area contributed by atoms with Gasteiger partial charge >= 0.3 is 0 Å². The maximum Gasteiger partial charge on any atom is 0.228 e. The summed E-state index contributed by atoms with van der Waals surface area (Å²) in [4.78, 5) is 12.2. The van der Waals surface area contributed by atoms with Crippen molar-refractivity contribution in [3.63, 3.8) is 0 Å². The molecule has 1 heterocycles. The van der Waals surface area contributed by atoms with Crippen LogP contribution in [0.5, 0.6) is 5.75 Å². The Morgan fingerprint density at radius 1 is 1.00 bits per heavy atom. The molecule has 3 aromatic rings. The average molecular weight is 306 g/mol. The Kier molecular flexibility index (Phi) is 4.43. The van der Waals surface area contributed by atoms with Crippen molar-refractivity contribution in [1.82, 2.24) is 4.57 Å². The van der Waals surface area contributed by atoms with E-state index < -0.39 is 0 Å². The van der Waals surface area contributed by atoms with Gasteiger partial charge in [0.05, 0.1) is 19.2 Å². The van der Waals surface area contributed by atoms with Gasteiger partial charge < -0.3 is 14.6 Å². The van der Waals surface area contributed by atoms with E-state index >= 15 is 0 Å². The molecular formula is C19H18N2O2. The van der Waals surface area contributed by atoms with Gasteiger partial charge in [0.25, 0.3) is 0 Å². The normalized spacial score (nSPS) is 10.3. The van der Waals surface area contributed by atoms with Crippen LogP contribution in [0.4, 0.5) is 5.69 Å². The fourth-order valence-corrected chi connectivity index (χ4v) is 2.42. The standard InChI is InChI=1S/C19H18N2O2/c1-23-18-7-3-2-6-17(18)20-19(22)14-15-8-10-16(11-9-15)21-12-4-5-13-21/h2-13H,14H2,1H3,(H,20,22). The first-order valence-electron chi connectivity index (χ1n) is 7.41. The zero-order chi connectivity index (χ0) is 16.1. The van der Waals surface area contributed by atoms with Crippen LogP contribution in [-0.2, 0) is 11.2 Å². The van der Waals surface area contributed by atoms with Gasteiger partial charge in [-0.2, -0.15) is 0 Å². The van der Waals surface area contributed by atoms with E-state index in [-0.39, 0.29) is 5.91 Å².